The first kappa shape index (κ1) is 18.5. The highest BCUT2D eigenvalue weighted by Crippen LogP contribution is 2.22. The third-order valence-corrected chi connectivity index (χ3v) is 5.20. The highest BCUT2D eigenvalue weighted by Gasteiger charge is 2.17. The fourth-order valence-electron chi connectivity index (χ4n) is 1.56. The van der Waals surface area contributed by atoms with Gasteiger partial charge in [-0.1, -0.05) is 6.07 Å². The van der Waals surface area contributed by atoms with Gasteiger partial charge in [-0.15, -0.1) is 0 Å². The third kappa shape index (κ3) is 6.41. The lowest BCUT2D eigenvalue weighted by atomic mass is 10.2. The summed E-state index contributed by atoms with van der Waals surface area (Å²) in [4.78, 5) is 2.19. The Morgan fingerprint density at radius 2 is 2.05 bits per heavy atom. The molecule has 1 rings (SSSR count). The normalized spacial score (nSPS) is 12.0. The van der Waals surface area contributed by atoms with Gasteiger partial charge in [-0.25, -0.2) is 13.1 Å². The standard InChI is InChI=1S/C13H22BrN3O3S/c1-17(2)6-8-20-7-5-16-21(18,19)13-9-11(10-15)3-4-12(13)14/h3-4,9,16H,5-8,10,15H2,1-2H3. The lowest BCUT2D eigenvalue weighted by Gasteiger charge is -2.11. The van der Waals surface area contributed by atoms with Gasteiger partial charge in [0.2, 0.25) is 10.0 Å². The second-order valence-corrected chi connectivity index (χ2v) is 7.37. The second-order valence-electron chi connectivity index (χ2n) is 4.78. The lowest BCUT2D eigenvalue weighted by molar-refractivity contribution is 0.122. The van der Waals surface area contributed by atoms with Crippen molar-refractivity contribution in [1.29, 1.82) is 0 Å². The summed E-state index contributed by atoms with van der Waals surface area (Å²) < 4.78 is 32.8. The highest BCUT2D eigenvalue weighted by atomic mass is 79.9. The number of benzene rings is 1. The molecular formula is C13H22BrN3O3S. The van der Waals surface area contributed by atoms with E-state index < -0.39 is 10.0 Å². The number of rotatable bonds is 9. The number of sulfonamides is 1. The largest absolute Gasteiger partial charge is 0.379 e. The topological polar surface area (TPSA) is 84.7 Å². The van der Waals surface area contributed by atoms with Crippen LogP contribution in [0.25, 0.3) is 0 Å². The number of hydrogen-bond donors (Lipinski definition) is 2. The summed E-state index contributed by atoms with van der Waals surface area (Å²) in [5.41, 5.74) is 6.30. The van der Waals surface area contributed by atoms with E-state index in [4.69, 9.17) is 10.5 Å². The van der Waals surface area contributed by atoms with Crippen molar-refractivity contribution in [2.45, 2.75) is 11.4 Å². The van der Waals surface area contributed by atoms with Gasteiger partial charge in [0, 0.05) is 24.1 Å². The van der Waals surface area contributed by atoms with Crippen molar-refractivity contribution in [3.05, 3.63) is 28.2 Å². The molecular weight excluding hydrogens is 358 g/mol. The maximum absolute atomic E-state index is 12.2. The van der Waals surface area contributed by atoms with Crippen molar-refractivity contribution in [3.63, 3.8) is 0 Å². The number of nitrogens with two attached hydrogens (primary N) is 1. The molecule has 0 heterocycles. The first-order valence-corrected chi connectivity index (χ1v) is 8.85. The van der Waals surface area contributed by atoms with Crippen LogP contribution < -0.4 is 10.5 Å². The van der Waals surface area contributed by atoms with Crippen LogP contribution >= 0.6 is 15.9 Å². The van der Waals surface area contributed by atoms with E-state index in [1.807, 2.05) is 19.0 Å². The molecule has 0 unspecified atom stereocenters. The van der Waals surface area contributed by atoms with Crippen molar-refractivity contribution in [2.75, 3.05) is 40.4 Å². The van der Waals surface area contributed by atoms with Gasteiger partial charge >= 0.3 is 0 Å². The van der Waals surface area contributed by atoms with Crippen LogP contribution in [0.4, 0.5) is 0 Å². The number of ether oxygens (including phenoxy) is 1. The summed E-state index contributed by atoms with van der Waals surface area (Å²) >= 11 is 3.25. The molecule has 0 aromatic heterocycles. The van der Waals surface area contributed by atoms with Gasteiger partial charge in [0.15, 0.2) is 0 Å². The average molecular weight is 380 g/mol. The Hall–Kier alpha value is -0.510. The zero-order valence-corrected chi connectivity index (χ0v) is 14.7. The maximum Gasteiger partial charge on any atom is 0.241 e. The molecule has 0 saturated heterocycles. The van der Waals surface area contributed by atoms with Crippen molar-refractivity contribution in [1.82, 2.24) is 9.62 Å². The van der Waals surface area contributed by atoms with Gasteiger partial charge in [-0.05, 0) is 47.7 Å². The molecule has 0 atom stereocenters. The Kier molecular flexibility index (Phi) is 7.78. The molecule has 0 bridgehead atoms. The van der Waals surface area contributed by atoms with Crippen molar-refractivity contribution in [2.24, 2.45) is 5.73 Å². The minimum absolute atomic E-state index is 0.193. The SMILES string of the molecule is CN(C)CCOCCNS(=O)(=O)c1cc(CN)ccc1Br. The van der Waals surface area contributed by atoms with Crippen LogP contribution in [-0.2, 0) is 21.3 Å². The fraction of sp³-hybridized carbons (Fsp3) is 0.538. The Morgan fingerprint density at radius 1 is 1.33 bits per heavy atom. The lowest BCUT2D eigenvalue weighted by Crippen LogP contribution is -2.29. The number of halogens is 1. The van der Waals surface area contributed by atoms with Crippen LogP contribution in [0.5, 0.6) is 0 Å². The third-order valence-electron chi connectivity index (χ3n) is 2.74. The Labute approximate surface area is 134 Å². The number of likely N-dealkylation sites (N-methyl/N-ethyl adjacent to an activating group) is 1. The molecule has 0 aliphatic heterocycles. The summed E-state index contributed by atoms with van der Waals surface area (Å²) in [5.74, 6) is 0. The van der Waals surface area contributed by atoms with Crippen LogP contribution in [0, 0.1) is 0 Å². The van der Waals surface area contributed by atoms with E-state index in [0.717, 1.165) is 12.1 Å². The minimum atomic E-state index is -3.57. The maximum atomic E-state index is 12.2. The molecule has 3 N–H and O–H groups in total. The molecule has 0 saturated carbocycles. The van der Waals surface area contributed by atoms with Gasteiger partial charge in [0.05, 0.1) is 18.1 Å². The molecule has 6 nitrogen and oxygen atoms in total. The van der Waals surface area contributed by atoms with Gasteiger partial charge in [0.1, 0.15) is 0 Å². The van der Waals surface area contributed by atoms with E-state index in [-0.39, 0.29) is 11.4 Å². The van der Waals surface area contributed by atoms with Crippen LogP contribution in [0.15, 0.2) is 27.6 Å². The first-order chi connectivity index (χ1) is 9.86. The van der Waals surface area contributed by atoms with Crippen molar-refractivity contribution < 1.29 is 13.2 Å². The van der Waals surface area contributed by atoms with Crippen LogP contribution in [0.2, 0.25) is 0 Å². The molecule has 1 aromatic rings. The molecule has 0 spiro atoms. The molecule has 0 fully saturated rings. The van der Waals surface area contributed by atoms with Gasteiger partial charge in [-0.2, -0.15) is 0 Å². The van der Waals surface area contributed by atoms with Crippen molar-refractivity contribution in [3.8, 4) is 0 Å². The summed E-state index contributed by atoms with van der Waals surface area (Å²) in [6.07, 6.45) is 0. The first-order valence-electron chi connectivity index (χ1n) is 6.57. The van der Waals surface area contributed by atoms with E-state index in [0.29, 0.717) is 24.2 Å². The van der Waals surface area contributed by atoms with E-state index in [1.165, 1.54) is 0 Å². The molecule has 0 amide bonds. The fourth-order valence-corrected chi connectivity index (χ4v) is 3.58. The average Bonchev–Trinajstić information content (AvgIpc) is 2.42. The Balaban J connectivity index is 2.54. The molecule has 8 heteroatoms. The van der Waals surface area contributed by atoms with Gasteiger partial charge in [-0.3, -0.25) is 0 Å². The number of hydrogen-bond acceptors (Lipinski definition) is 5. The summed E-state index contributed by atoms with van der Waals surface area (Å²) in [7, 11) is 0.335. The summed E-state index contributed by atoms with van der Waals surface area (Å²) in [5, 5.41) is 0. The van der Waals surface area contributed by atoms with E-state index in [1.54, 1.807) is 18.2 Å². The van der Waals surface area contributed by atoms with E-state index in [9.17, 15) is 8.42 Å². The molecule has 0 aliphatic rings. The molecule has 0 aliphatic carbocycles. The molecule has 21 heavy (non-hydrogen) atoms. The number of nitrogens with one attached hydrogen (secondary N) is 1. The monoisotopic (exact) mass is 379 g/mol. The Bertz CT molecular complexity index is 550. The highest BCUT2D eigenvalue weighted by molar-refractivity contribution is 9.10. The van der Waals surface area contributed by atoms with Crippen LogP contribution in [0.1, 0.15) is 5.56 Å². The minimum Gasteiger partial charge on any atom is -0.379 e. The van der Waals surface area contributed by atoms with Gasteiger partial charge in [0.25, 0.3) is 0 Å². The number of nitrogens with zero attached hydrogens (tertiary/aromatic N) is 1. The predicted octanol–water partition coefficient (Wildman–Crippen LogP) is 0.764. The summed E-state index contributed by atoms with van der Waals surface area (Å²) in [6.45, 7) is 2.23. The zero-order chi connectivity index (χ0) is 15.9. The zero-order valence-electron chi connectivity index (χ0n) is 12.3. The quantitative estimate of drug-likeness (QED) is 0.618. The predicted molar refractivity (Wildman–Crippen MR) is 86.6 cm³/mol. The van der Waals surface area contributed by atoms with Crippen LogP contribution in [-0.4, -0.2) is 53.7 Å². The van der Waals surface area contributed by atoms with E-state index in [2.05, 4.69) is 20.7 Å². The van der Waals surface area contributed by atoms with E-state index >= 15 is 0 Å². The smallest absolute Gasteiger partial charge is 0.241 e. The van der Waals surface area contributed by atoms with Gasteiger partial charge < -0.3 is 15.4 Å². The van der Waals surface area contributed by atoms with Crippen molar-refractivity contribution >= 4 is 26.0 Å². The second kappa shape index (κ2) is 8.82. The summed E-state index contributed by atoms with van der Waals surface area (Å²) in [6, 6.07) is 5.04. The molecule has 120 valence electrons. The molecule has 0 radical (unpaired) electrons. The Morgan fingerprint density at radius 3 is 2.67 bits per heavy atom. The molecule has 1 aromatic carbocycles. The van der Waals surface area contributed by atoms with Crippen LogP contribution in [0.3, 0.4) is 0 Å².